The summed E-state index contributed by atoms with van der Waals surface area (Å²) in [5, 5.41) is 6.74. The van der Waals surface area contributed by atoms with E-state index in [-0.39, 0.29) is 5.97 Å². The Balaban J connectivity index is 2.11. The molecule has 0 spiro atoms. The fraction of sp³-hybridized carbons (Fsp3) is 0.417. The Morgan fingerprint density at radius 2 is 2.31 bits per heavy atom. The maximum Gasteiger partial charge on any atom is 0.308 e. The number of hydrogen-bond acceptors (Lipinski definition) is 4. The van der Waals surface area contributed by atoms with Crippen LogP contribution in [0, 0.1) is 0 Å². The Morgan fingerprint density at radius 3 is 3.00 bits per heavy atom. The van der Waals surface area contributed by atoms with Crippen molar-refractivity contribution in [2.75, 3.05) is 19.6 Å². The molecule has 0 amide bonds. The van der Waals surface area contributed by atoms with Crippen LogP contribution in [-0.2, 0) is 4.79 Å². The lowest BCUT2D eigenvalue weighted by Crippen LogP contribution is -2.42. The van der Waals surface area contributed by atoms with Crippen LogP contribution in [0.25, 0.3) is 0 Å². The van der Waals surface area contributed by atoms with Gasteiger partial charge in [-0.1, -0.05) is 12.1 Å². The fourth-order valence-corrected chi connectivity index (χ4v) is 1.85. The lowest BCUT2D eigenvalue weighted by molar-refractivity contribution is -0.131. The largest absolute Gasteiger partial charge is 0.427 e. The van der Waals surface area contributed by atoms with Gasteiger partial charge < -0.3 is 15.4 Å². The van der Waals surface area contributed by atoms with Crippen molar-refractivity contribution in [3.63, 3.8) is 0 Å². The van der Waals surface area contributed by atoms with E-state index in [1.54, 1.807) is 6.07 Å². The Kier molecular flexibility index (Phi) is 3.54. The molecule has 0 aliphatic carbocycles. The summed E-state index contributed by atoms with van der Waals surface area (Å²) in [6, 6.07) is 7.94. The van der Waals surface area contributed by atoms with Gasteiger partial charge in [-0.05, 0) is 17.7 Å². The third kappa shape index (κ3) is 2.81. The summed E-state index contributed by atoms with van der Waals surface area (Å²) < 4.78 is 5.06. The first-order valence-electron chi connectivity index (χ1n) is 5.48. The topological polar surface area (TPSA) is 50.4 Å². The molecule has 86 valence electrons. The summed E-state index contributed by atoms with van der Waals surface area (Å²) in [5.74, 6) is 0.323. The molecule has 4 nitrogen and oxygen atoms in total. The number of esters is 1. The molecule has 2 N–H and O–H groups in total. The van der Waals surface area contributed by atoms with E-state index in [0.29, 0.717) is 11.8 Å². The van der Waals surface area contributed by atoms with Gasteiger partial charge in [0, 0.05) is 32.6 Å². The SMILES string of the molecule is CC(=O)Oc1cccc([C@H]2CNCCN2)c1. The van der Waals surface area contributed by atoms with Gasteiger partial charge in [-0.3, -0.25) is 4.79 Å². The van der Waals surface area contributed by atoms with Gasteiger partial charge in [-0.25, -0.2) is 0 Å². The molecule has 0 saturated carbocycles. The molecule has 0 aromatic heterocycles. The molecule has 1 aromatic rings. The van der Waals surface area contributed by atoms with Crippen LogP contribution in [0.15, 0.2) is 24.3 Å². The summed E-state index contributed by atoms with van der Waals surface area (Å²) in [6.45, 7) is 4.28. The molecule has 1 aliphatic rings. The Bertz CT molecular complexity index is 373. The molecule has 1 fully saturated rings. The van der Waals surface area contributed by atoms with Gasteiger partial charge in [0.1, 0.15) is 5.75 Å². The molecule has 1 atom stereocenters. The minimum Gasteiger partial charge on any atom is -0.427 e. The third-order valence-corrected chi connectivity index (χ3v) is 2.56. The number of hydrogen-bond donors (Lipinski definition) is 2. The van der Waals surface area contributed by atoms with E-state index in [2.05, 4.69) is 10.6 Å². The van der Waals surface area contributed by atoms with Crippen LogP contribution in [0.3, 0.4) is 0 Å². The van der Waals surface area contributed by atoms with Crippen molar-refractivity contribution in [1.82, 2.24) is 10.6 Å². The molecule has 0 radical (unpaired) electrons. The average molecular weight is 220 g/mol. The number of ether oxygens (including phenoxy) is 1. The molecule has 1 saturated heterocycles. The summed E-state index contributed by atoms with van der Waals surface area (Å²) >= 11 is 0. The smallest absolute Gasteiger partial charge is 0.308 e. The molecule has 0 unspecified atom stereocenters. The molecule has 16 heavy (non-hydrogen) atoms. The lowest BCUT2D eigenvalue weighted by atomic mass is 10.1. The predicted molar refractivity (Wildman–Crippen MR) is 61.4 cm³/mol. The van der Waals surface area contributed by atoms with E-state index in [9.17, 15) is 4.79 Å². The zero-order valence-corrected chi connectivity index (χ0v) is 9.32. The van der Waals surface area contributed by atoms with E-state index < -0.39 is 0 Å². The van der Waals surface area contributed by atoms with Crippen LogP contribution >= 0.6 is 0 Å². The number of rotatable bonds is 2. The molecule has 1 aliphatic heterocycles. The monoisotopic (exact) mass is 220 g/mol. The highest BCUT2D eigenvalue weighted by molar-refractivity contribution is 5.69. The van der Waals surface area contributed by atoms with Gasteiger partial charge >= 0.3 is 5.97 Å². The molecule has 1 heterocycles. The zero-order valence-electron chi connectivity index (χ0n) is 9.32. The van der Waals surface area contributed by atoms with Crippen LogP contribution in [-0.4, -0.2) is 25.6 Å². The van der Waals surface area contributed by atoms with Gasteiger partial charge in [-0.15, -0.1) is 0 Å². The van der Waals surface area contributed by atoms with E-state index in [0.717, 1.165) is 25.2 Å². The first-order valence-corrected chi connectivity index (χ1v) is 5.48. The van der Waals surface area contributed by atoms with E-state index in [1.807, 2.05) is 18.2 Å². The number of carbonyl (C=O) groups is 1. The van der Waals surface area contributed by atoms with Crippen molar-refractivity contribution < 1.29 is 9.53 Å². The molecule has 0 bridgehead atoms. The number of benzene rings is 1. The highest BCUT2D eigenvalue weighted by Crippen LogP contribution is 2.19. The van der Waals surface area contributed by atoms with Crippen molar-refractivity contribution in [1.29, 1.82) is 0 Å². The summed E-state index contributed by atoms with van der Waals surface area (Å²) in [4.78, 5) is 10.9. The minimum atomic E-state index is -0.285. The fourth-order valence-electron chi connectivity index (χ4n) is 1.85. The van der Waals surface area contributed by atoms with Crippen molar-refractivity contribution in [2.24, 2.45) is 0 Å². The molecule has 1 aromatic carbocycles. The summed E-state index contributed by atoms with van der Waals surface area (Å²) in [5.41, 5.74) is 1.14. The van der Waals surface area contributed by atoms with Crippen LogP contribution in [0.1, 0.15) is 18.5 Å². The second-order valence-electron chi connectivity index (χ2n) is 3.88. The normalized spacial score (nSPS) is 20.4. The highest BCUT2D eigenvalue weighted by Gasteiger charge is 2.14. The summed E-state index contributed by atoms with van der Waals surface area (Å²) in [6.07, 6.45) is 0. The first-order chi connectivity index (χ1) is 7.75. The average Bonchev–Trinajstić information content (AvgIpc) is 2.30. The standard InChI is InChI=1S/C12H16N2O2/c1-9(15)16-11-4-2-3-10(7-11)12-8-13-5-6-14-12/h2-4,7,12-14H,5-6,8H2,1H3/t12-/m1/s1. The molecular formula is C12H16N2O2. The molecule has 2 rings (SSSR count). The summed E-state index contributed by atoms with van der Waals surface area (Å²) in [7, 11) is 0. The van der Waals surface area contributed by atoms with Gasteiger partial charge in [0.2, 0.25) is 0 Å². The first kappa shape index (κ1) is 11.1. The van der Waals surface area contributed by atoms with Crippen LogP contribution in [0.4, 0.5) is 0 Å². The second kappa shape index (κ2) is 5.09. The van der Waals surface area contributed by atoms with Crippen molar-refractivity contribution in [3.8, 4) is 5.75 Å². The van der Waals surface area contributed by atoms with Crippen LogP contribution in [0.2, 0.25) is 0 Å². The zero-order chi connectivity index (χ0) is 11.4. The lowest BCUT2D eigenvalue weighted by Gasteiger charge is -2.25. The number of piperazine rings is 1. The number of carbonyl (C=O) groups excluding carboxylic acids is 1. The van der Waals surface area contributed by atoms with E-state index >= 15 is 0 Å². The van der Waals surface area contributed by atoms with Crippen LogP contribution in [0.5, 0.6) is 5.75 Å². The Hall–Kier alpha value is -1.39. The van der Waals surface area contributed by atoms with Gasteiger partial charge in [0.25, 0.3) is 0 Å². The van der Waals surface area contributed by atoms with E-state index in [1.165, 1.54) is 6.92 Å². The molecular weight excluding hydrogens is 204 g/mol. The van der Waals surface area contributed by atoms with Crippen LogP contribution < -0.4 is 15.4 Å². The van der Waals surface area contributed by atoms with Crippen molar-refractivity contribution in [2.45, 2.75) is 13.0 Å². The minimum absolute atomic E-state index is 0.285. The molecule has 4 heteroatoms. The van der Waals surface area contributed by atoms with Crippen molar-refractivity contribution >= 4 is 5.97 Å². The van der Waals surface area contributed by atoms with Gasteiger partial charge in [0.15, 0.2) is 0 Å². The second-order valence-corrected chi connectivity index (χ2v) is 3.88. The maximum absolute atomic E-state index is 10.9. The van der Waals surface area contributed by atoms with E-state index in [4.69, 9.17) is 4.74 Å². The number of nitrogens with one attached hydrogen (secondary N) is 2. The van der Waals surface area contributed by atoms with Gasteiger partial charge in [-0.2, -0.15) is 0 Å². The predicted octanol–water partition coefficient (Wildman–Crippen LogP) is 0.846. The Morgan fingerprint density at radius 1 is 1.44 bits per heavy atom. The van der Waals surface area contributed by atoms with Crippen molar-refractivity contribution in [3.05, 3.63) is 29.8 Å². The van der Waals surface area contributed by atoms with Gasteiger partial charge in [0.05, 0.1) is 0 Å². The third-order valence-electron chi connectivity index (χ3n) is 2.56. The highest BCUT2D eigenvalue weighted by atomic mass is 16.5. The maximum atomic E-state index is 10.9. The quantitative estimate of drug-likeness (QED) is 0.573. The Labute approximate surface area is 95.0 Å².